The topological polar surface area (TPSA) is 15.3 Å². The lowest BCUT2D eigenvalue weighted by Crippen LogP contribution is -2.43. The van der Waals surface area contributed by atoms with E-state index in [1.54, 1.807) is 12.1 Å². The van der Waals surface area contributed by atoms with E-state index in [2.05, 4.69) is 26.1 Å². The Morgan fingerprint density at radius 1 is 1.50 bits per heavy atom. The van der Waals surface area contributed by atoms with Crippen LogP contribution >= 0.6 is 28.3 Å². The molecule has 1 aromatic carbocycles. The van der Waals surface area contributed by atoms with Gasteiger partial charge in [0.05, 0.1) is 4.47 Å². The smallest absolute Gasteiger partial charge is 0.137 e. The van der Waals surface area contributed by atoms with Crippen LogP contribution in [0.15, 0.2) is 22.7 Å². The summed E-state index contributed by atoms with van der Waals surface area (Å²) in [4.78, 5) is 2.38. The minimum absolute atomic E-state index is 0. The summed E-state index contributed by atoms with van der Waals surface area (Å²) < 4.78 is 13.9. The summed E-state index contributed by atoms with van der Waals surface area (Å²) in [5, 5.41) is 3.32. The number of halogens is 3. The van der Waals surface area contributed by atoms with Crippen molar-refractivity contribution < 1.29 is 4.39 Å². The van der Waals surface area contributed by atoms with Gasteiger partial charge in [0.25, 0.3) is 0 Å². The zero-order valence-electron chi connectivity index (χ0n) is 10.5. The van der Waals surface area contributed by atoms with Crippen molar-refractivity contribution in [1.82, 2.24) is 10.2 Å². The number of likely N-dealkylation sites (tertiary alicyclic amines) is 1. The third kappa shape index (κ3) is 4.19. The fourth-order valence-electron chi connectivity index (χ4n) is 2.33. The Kier molecular flexibility index (Phi) is 6.57. The molecule has 0 saturated carbocycles. The first-order valence-electron chi connectivity index (χ1n) is 6.02. The van der Waals surface area contributed by atoms with Gasteiger partial charge >= 0.3 is 0 Å². The summed E-state index contributed by atoms with van der Waals surface area (Å²) in [5.41, 5.74) is 1.04. The SMILES string of the molecule is CNC1CCCN(Cc2ccc(Br)c(F)c2)C1.Cl. The molecule has 2 rings (SSSR count). The summed E-state index contributed by atoms with van der Waals surface area (Å²) in [7, 11) is 2.01. The molecule has 1 aromatic rings. The molecule has 18 heavy (non-hydrogen) atoms. The fraction of sp³-hybridized carbons (Fsp3) is 0.538. The lowest BCUT2D eigenvalue weighted by atomic mass is 10.1. The molecular formula is C13H19BrClFN2. The van der Waals surface area contributed by atoms with Gasteiger partial charge in [0.1, 0.15) is 5.82 Å². The summed E-state index contributed by atoms with van der Waals surface area (Å²) in [6.07, 6.45) is 2.45. The molecule has 0 bridgehead atoms. The Balaban J connectivity index is 0.00000162. The number of hydrogen-bond acceptors (Lipinski definition) is 2. The molecule has 1 saturated heterocycles. The van der Waals surface area contributed by atoms with Crippen molar-refractivity contribution in [3.05, 3.63) is 34.1 Å². The molecule has 1 aliphatic rings. The van der Waals surface area contributed by atoms with Crippen molar-refractivity contribution in [1.29, 1.82) is 0 Å². The minimum Gasteiger partial charge on any atom is -0.316 e. The number of hydrogen-bond donors (Lipinski definition) is 1. The first kappa shape index (κ1) is 15.9. The second-order valence-corrected chi connectivity index (χ2v) is 5.47. The maximum absolute atomic E-state index is 13.4. The number of piperidine rings is 1. The molecule has 1 aliphatic heterocycles. The Morgan fingerprint density at radius 3 is 2.94 bits per heavy atom. The molecule has 1 atom stereocenters. The normalized spacial score (nSPS) is 20.5. The summed E-state index contributed by atoms with van der Waals surface area (Å²) in [6.45, 7) is 2.99. The van der Waals surface area contributed by atoms with Crippen molar-refractivity contribution in [2.24, 2.45) is 0 Å². The molecular weight excluding hydrogens is 319 g/mol. The van der Waals surface area contributed by atoms with E-state index in [1.807, 2.05) is 13.1 Å². The zero-order valence-corrected chi connectivity index (χ0v) is 12.9. The Bertz CT molecular complexity index is 389. The van der Waals surface area contributed by atoms with Gasteiger partial charge < -0.3 is 5.32 Å². The molecule has 0 aromatic heterocycles. The van der Waals surface area contributed by atoms with Crippen molar-refractivity contribution in [2.45, 2.75) is 25.4 Å². The summed E-state index contributed by atoms with van der Waals surface area (Å²) in [5.74, 6) is -0.176. The van der Waals surface area contributed by atoms with E-state index < -0.39 is 0 Å². The van der Waals surface area contributed by atoms with Crippen molar-refractivity contribution in [3.63, 3.8) is 0 Å². The standard InChI is InChI=1S/C13H18BrFN2.ClH/c1-16-11-3-2-6-17(9-11)8-10-4-5-12(14)13(15)7-10;/h4-5,7,11,16H,2-3,6,8-9H2,1H3;1H. The van der Waals surface area contributed by atoms with E-state index in [0.29, 0.717) is 10.5 Å². The maximum Gasteiger partial charge on any atom is 0.137 e. The Hall–Kier alpha value is -0.160. The van der Waals surface area contributed by atoms with Crippen LogP contribution in [0.1, 0.15) is 18.4 Å². The van der Waals surface area contributed by atoms with E-state index in [1.165, 1.54) is 12.8 Å². The van der Waals surface area contributed by atoms with E-state index in [4.69, 9.17) is 0 Å². The maximum atomic E-state index is 13.4. The first-order valence-corrected chi connectivity index (χ1v) is 6.82. The molecule has 0 spiro atoms. The van der Waals surface area contributed by atoms with Gasteiger partial charge in [-0.15, -0.1) is 12.4 Å². The molecule has 1 fully saturated rings. The molecule has 5 heteroatoms. The van der Waals surface area contributed by atoms with Crippen LogP contribution in [0.25, 0.3) is 0 Å². The highest BCUT2D eigenvalue weighted by Crippen LogP contribution is 2.19. The average molecular weight is 338 g/mol. The number of nitrogens with one attached hydrogen (secondary N) is 1. The highest BCUT2D eigenvalue weighted by atomic mass is 79.9. The van der Waals surface area contributed by atoms with Crippen LogP contribution in [0.5, 0.6) is 0 Å². The molecule has 102 valence electrons. The van der Waals surface area contributed by atoms with Gasteiger partial charge in [0, 0.05) is 19.1 Å². The van der Waals surface area contributed by atoms with Crippen molar-refractivity contribution in [2.75, 3.05) is 20.1 Å². The predicted molar refractivity (Wildman–Crippen MR) is 78.7 cm³/mol. The summed E-state index contributed by atoms with van der Waals surface area (Å²) >= 11 is 3.18. The Morgan fingerprint density at radius 2 is 2.28 bits per heavy atom. The van der Waals surface area contributed by atoms with Crippen LogP contribution in [-0.4, -0.2) is 31.1 Å². The minimum atomic E-state index is -0.176. The highest BCUT2D eigenvalue weighted by molar-refractivity contribution is 9.10. The van der Waals surface area contributed by atoms with Gasteiger partial charge in [-0.3, -0.25) is 4.90 Å². The van der Waals surface area contributed by atoms with Gasteiger partial charge in [0.15, 0.2) is 0 Å². The van der Waals surface area contributed by atoms with Crippen molar-refractivity contribution in [3.8, 4) is 0 Å². The van der Waals surface area contributed by atoms with Gasteiger partial charge in [-0.2, -0.15) is 0 Å². The van der Waals surface area contributed by atoms with Crippen LogP contribution in [0.2, 0.25) is 0 Å². The first-order chi connectivity index (χ1) is 8.19. The van der Waals surface area contributed by atoms with E-state index in [-0.39, 0.29) is 18.2 Å². The number of likely N-dealkylation sites (N-methyl/N-ethyl adjacent to an activating group) is 1. The van der Waals surface area contributed by atoms with E-state index in [9.17, 15) is 4.39 Å². The van der Waals surface area contributed by atoms with Crippen LogP contribution in [0, 0.1) is 5.82 Å². The second-order valence-electron chi connectivity index (χ2n) is 4.61. The van der Waals surface area contributed by atoms with Gasteiger partial charge in [-0.05, 0) is 60.1 Å². The predicted octanol–water partition coefficient (Wildman–Crippen LogP) is 3.19. The molecule has 0 radical (unpaired) electrons. The molecule has 1 unspecified atom stereocenters. The van der Waals surface area contributed by atoms with Gasteiger partial charge in [-0.25, -0.2) is 4.39 Å². The fourth-order valence-corrected chi connectivity index (χ4v) is 2.58. The van der Waals surface area contributed by atoms with Crippen molar-refractivity contribution >= 4 is 28.3 Å². The molecule has 2 nitrogen and oxygen atoms in total. The third-order valence-electron chi connectivity index (χ3n) is 3.30. The second kappa shape index (κ2) is 7.43. The molecule has 1 N–H and O–H groups in total. The number of nitrogens with zero attached hydrogens (tertiary/aromatic N) is 1. The quantitative estimate of drug-likeness (QED) is 0.911. The zero-order chi connectivity index (χ0) is 12.3. The molecule has 0 amide bonds. The third-order valence-corrected chi connectivity index (χ3v) is 3.95. The van der Waals surface area contributed by atoms with Crippen LogP contribution in [-0.2, 0) is 6.54 Å². The number of benzene rings is 1. The lowest BCUT2D eigenvalue weighted by molar-refractivity contribution is 0.188. The molecule has 0 aliphatic carbocycles. The highest BCUT2D eigenvalue weighted by Gasteiger charge is 2.18. The van der Waals surface area contributed by atoms with Crippen LogP contribution in [0.3, 0.4) is 0 Å². The van der Waals surface area contributed by atoms with Crippen LogP contribution < -0.4 is 5.32 Å². The van der Waals surface area contributed by atoms with Gasteiger partial charge in [0.2, 0.25) is 0 Å². The van der Waals surface area contributed by atoms with Gasteiger partial charge in [-0.1, -0.05) is 6.07 Å². The largest absolute Gasteiger partial charge is 0.316 e. The lowest BCUT2D eigenvalue weighted by Gasteiger charge is -2.32. The average Bonchev–Trinajstić information content (AvgIpc) is 2.34. The summed E-state index contributed by atoms with van der Waals surface area (Å²) in [6, 6.07) is 5.96. The van der Waals surface area contributed by atoms with E-state index in [0.717, 1.165) is 25.2 Å². The number of rotatable bonds is 3. The molecule has 1 heterocycles. The monoisotopic (exact) mass is 336 g/mol. The van der Waals surface area contributed by atoms with Crippen LogP contribution in [0.4, 0.5) is 4.39 Å². The Labute approximate surface area is 122 Å². The van der Waals surface area contributed by atoms with E-state index >= 15 is 0 Å².